The Hall–Kier alpha value is -2.35. The van der Waals surface area contributed by atoms with Crippen LogP contribution in [0.15, 0.2) is 48.5 Å². The average molecular weight is 515 g/mol. The summed E-state index contributed by atoms with van der Waals surface area (Å²) in [5.41, 5.74) is 1.27. The number of rotatable bonds is 10. The number of aliphatic hydroxyl groups is 1. The Morgan fingerprint density at radius 2 is 1.76 bits per heavy atom. The molecule has 2 heterocycles. The van der Waals surface area contributed by atoms with Gasteiger partial charge in [0.25, 0.3) is 0 Å². The van der Waals surface area contributed by atoms with Crippen molar-refractivity contribution < 1.29 is 23.8 Å². The fraction of sp³-hybridized carbons (Fsp3) is 0.567. The second-order valence-corrected chi connectivity index (χ2v) is 11.4. The molecule has 0 unspecified atom stereocenters. The number of piperidine rings is 1. The van der Waals surface area contributed by atoms with Crippen LogP contribution in [0.25, 0.3) is 0 Å². The van der Waals surface area contributed by atoms with Gasteiger partial charge in [0, 0.05) is 38.6 Å². The third-order valence-electron chi connectivity index (χ3n) is 8.35. The molecule has 5 nitrogen and oxygen atoms in total. The Morgan fingerprint density at radius 1 is 1.05 bits per heavy atom. The van der Waals surface area contributed by atoms with E-state index in [9.17, 15) is 23.8 Å². The van der Waals surface area contributed by atoms with Crippen molar-refractivity contribution in [3.05, 3.63) is 71.3 Å². The molecule has 3 atom stereocenters. The lowest BCUT2D eigenvalue weighted by Gasteiger charge is -2.40. The SMILES string of the molecule is CC(C)[C@H](C(=O)O)N1C[C@H](CN2CCC(O)(CCCc3ccc(F)c(F)c3)CC2)[C@@H](c2ccccc2)C1. The molecular formula is C30H40F2N2O3. The lowest BCUT2D eigenvalue weighted by Crippen LogP contribution is -2.47. The van der Waals surface area contributed by atoms with Crippen LogP contribution in [0.3, 0.4) is 0 Å². The minimum absolute atomic E-state index is 0.0315. The molecule has 37 heavy (non-hydrogen) atoms. The highest BCUT2D eigenvalue weighted by Crippen LogP contribution is 2.37. The van der Waals surface area contributed by atoms with Gasteiger partial charge in [-0.1, -0.05) is 50.2 Å². The Morgan fingerprint density at radius 3 is 2.38 bits per heavy atom. The van der Waals surface area contributed by atoms with Crippen molar-refractivity contribution >= 4 is 5.97 Å². The maximum absolute atomic E-state index is 13.5. The summed E-state index contributed by atoms with van der Waals surface area (Å²) < 4.78 is 26.6. The van der Waals surface area contributed by atoms with Gasteiger partial charge in [-0.05, 0) is 67.2 Å². The number of carboxylic acid groups (broad SMARTS) is 1. The van der Waals surface area contributed by atoms with Crippen LogP contribution in [0.2, 0.25) is 0 Å². The highest BCUT2D eigenvalue weighted by atomic mass is 19.2. The maximum atomic E-state index is 13.5. The van der Waals surface area contributed by atoms with E-state index in [0.717, 1.165) is 50.8 Å². The molecule has 0 bridgehead atoms. The zero-order chi connectivity index (χ0) is 26.6. The second kappa shape index (κ2) is 12.0. The van der Waals surface area contributed by atoms with Crippen LogP contribution in [-0.2, 0) is 11.2 Å². The van der Waals surface area contributed by atoms with Crippen LogP contribution >= 0.6 is 0 Å². The molecule has 2 aliphatic rings. The van der Waals surface area contributed by atoms with E-state index in [0.29, 0.717) is 31.6 Å². The first-order valence-corrected chi connectivity index (χ1v) is 13.6. The van der Waals surface area contributed by atoms with E-state index < -0.39 is 29.2 Å². The molecule has 0 radical (unpaired) electrons. The molecule has 202 valence electrons. The summed E-state index contributed by atoms with van der Waals surface area (Å²) in [6, 6.07) is 13.9. The van der Waals surface area contributed by atoms with E-state index in [2.05, 4.69) is 21.9 Å². The zero-order valence-corrected chi connectivity index (χ0v) is 22.0. The summed E-state index contributed by atoms with van der Waals surface area (Å²) in [5.74, 6) is -1.79. The van der Waals surface area contributed by atoms with Crippen molar-refractivity contribution in [1.29, 1.82) is 0 Å². The van der Waals surface area contributed by atoms with Crippen LogP contribution in [0.1, 0.15) is 56.6 Å². The monoisotopic (exact) mass is 514 g/mol. The van der Waals surface area contributed by atoms with Gasteiger partial charge >= 0.3 is 5.97 Å². The molecule has 0 aliphatic carbocycles. The largest absolute Gasteiger partial charge is 0.480 e. The highest BCUT2D eigenvalue weighted by Gasteiger charge is 2.42. The number of carboxylic acids is 1. The van der Waals surface area contributed by atoms with E-state index in [1.807, 2.05) is 32.0 Å². The van der Waals surface area contributed by atoms with E-state index in [1.54, 1.807) is 6.07 Å². The summed E-state index contributed by atoms with van der Waals surface area (Å²) in [6.45, 7) is 7.92. The number of likely N-dealkylation sites (tertiary alicyclic amines) is 2. The highest BCUT2D eigenvalue weighted by molar-refractivity contribution is 5.73. The smallest absolute Gasteiger partial charge is 0.321 e. The summed E-state index contributed by atoms with van der Waals surface area (Å²) in [5, 5.41) is 21.0. The number of benzene rings is 2. The van der Waals surface area contributed by atoms with Gasteiger partial charge in [0.05, 0.1) is 5.60 Å². The fourth-order valence-electron chi connectivity index (χ4n) is 6.31. The molecule has 0 spiro atoms. The van der Waals surface area contributed by atoms with Crippen LogP contribution in [-0.4, -0.2) is 70.3 Å². The van der Waals surface area contributed by atoms with Crippen LogP contribution < -0.4 is 0 Å². The quantitative estimate of drug-likeness (QED) is 0.470. The van der Waals surface area contributed by atoms with Crippen LogP contribution in [0, 0.1) is 23.5 Å². The Kier molecular flexibility index (Phi) is 8.98. The molecule has 2 aromatic carbocycles. The predicted molar refractivity (Wildman–Crippen MR) is 140 cm³/mol. The van der Waals surface area contributed by atoms with E-state index in [1.165, 1.54) is 11.6 Å². The molecule has 2 aliphatic heterocycles. The van der Waals surface area contributed by atoms with Crippen molar-refractivity contribution in [3.63, 3.8) is 0 Å². The molecule has 2 fully saturated rings. The van der Waals surface area contributed by atoms with Crippen molar-refractivity contribution in [1.82, 2.24) is 9.80 Å². The van der Waals surface area contributed by atoms with Crippen LogP contribution in [0.4, 0.5) is 8.78 Å². The van der Waals surface area contributed by atoms with E-state index in [4.69, 9.17) is 0 Å². The Bertz CT molecular complexity index is 1040. The van der Waals surface area contributed by atoms with E-state index in [-0.39, 0.29) is 11.8 Å². The Balaban J connectivity index is 1.33. The first-order chi connectivity index (χ1) is 17.6. The molecule has 0 aromatic heterocycles. The minimum Gasteiger partial charge on any atom is -0.480 e. The molecular weight excluding hydrogens is 474 g/mol. The number of halogens is 2. The number of carbonyl (C=O) groups is 1. The standard InChI is InChI=1S/C30H40F2N2O3/c1-21(2)28(29(35)36)34-19-24(25(20-34)23-8-4-3-5-9-23)18-33-15-13-30(37,14-16-33)12-6-7-22-10-11-26(31)27(32)17-22/h3-5,8-11,17,21,24-25,28,37H,6-7,12-16,18-20H2,1-2H3,(H,35,36)/t24-,25+,28+/m0/s1. The van der Waals surface area contributed by atoms with Gasteiger partial charge < -0.3 is 15.1 Å². The summed E-state index contributed by atoms with van der Waals surface area (Å²) >= 11 is 0. The number of hydrogen-bond donors (Lipinski definition) is 2. The summed E-state index contributed by atoms with van der Waals surface area (Å²) in [7, 11) is 0. The molecule has 4 rings (SSSR count). The topological polar surface area (TPSA) is 64.0 Å². The van der Waals surface area contributed by atoms with E-state index >= 15 is 0 Å². The number of nitrogens with zero attached hydrogens (tertiary/aromatic N) is 2. The summed E-state index contributed by atoms with van der Waals surface area (Å²) in [4.78, 5) is 16.6. The third-order valence-corrected chi connectivity index (χ3v) is 8.35. The third kappa shape index (κ3) is 6.95. The van der Waals surface area contributed by atoms with Gasteiger partial charge in [-0.15, -0.1) is 0 Å². The Labute approximate surface area is 219 Å². The molecule has 2 saturated heterocycles. The van der Waals surface area contributed by atoms with Crippen molar-refractivity contribution in [3.8, 4) is 0 Å². The predicted octanol–water partition coefficient (Wildman–Crippen LogP) is 4.94. The lowest BCUT2D eigenvalue weighted by molar-refractivity contribution is -0.144. The van der Waals surface area contributed by atoms with Gasteiger partial charge in [0.2, 0.25) is 0 Å². The lowest BCUT2D eigenvalue weighted by atomic mass is 9.84. The molecule has 0 amide bonds. The molecule has 2 N–H and O–H groups in total. The number of aryl methyl sites for hydroxylation is 1. The van der Waals surface area contributed by atoms with Crippen molar-refractivity contribution in [2.24, 2.45) is 11.8 Å². The van der Waals surface area contributed by atoms with Gasteiger partial charge in [0.1, 0.15) is 6.04 Å². The zero-order valence-electron chi connectivity index (χ0n) is 22.0. The molecule has 2 aromatic rings. The average Bonchev–Trinajstić information content (AvgIpc) is 3.26. The number of aliphatic carboxylic acids is 1. The van der Waals surface area contributed by atoms with Crippen molar-refractivity contribution in [2.45, 2.75) is 63.5 Å². The second-order valence-electron chi connectivity index (χ2n) is 11.4. The van der Waals surface area contributed by atoms with Gasteiger partial charge in [-0.3, -0.25) is 9.69 Å². The van der Waals surface area contributed by atoms with Crippen LogP contribution in [0.5, 0.6) is 0 Å². The molecule has 0 saturated carbocycles. The molecule has 7 heteroatoms. The summed E-state index contributed by atoms with van der Waals surface area (Å²) in [6.07, 6.45) is 3.34. The number of hydrogen-bond acceptors (Lipinski definition) is 4. The first-order valence-electron chi connectivity index (χ1n) is 13.6. The van der Waals surface area contributed by atoms with Gasteiger partial charge in [-0.25, -0.2) is 8.78 Å². The van der Waals surface area contributed by atoms with Gasteiger partial charge in [-0.2, -0.15) is 0 Å². The first kappa shape index (κ1) is 27.7. The maximum Gasteiger partial charge on any atom is 0.321 e. The van der Waals surface area contributed by atoms with Gasteiger partial charge in [0.15, 0.2) is 11.6 Å². The fourth-order valence-corrected chi connectivity index (χ4v) is 6.31. The normalized spacial score (nSPS) is 23.4. The minimum atomic E-state index is -0.836. The van der Waals surface area contributed by atoms with Crippen molar-refractivity contribution in [2.75, 3.05) is 32.7 Å².